The quantitative estimate of drug-likeness (QED) is 0.579. The van der Waals surface area contributed by atoms with Crippen molar-refractivity contribution < 1.29 is 13.9 Å². The summed E-state index contributed by atoms with van der Waals surface area (Å²) in [5.74, 6) is 0.610. The van der Waals surface area contributed by atoms with Crippen molar-refractivity contribution in [2.45, 2.75) is 6.42 Å². The molecule has 0 saturated carbocycles. The maximum atomic E-state index is 11.3. The van der Waals surface area contributed by atoms with Gasteiger partial charge in [-0.15, -0.1) is 0 Å². The maximum Gasteiger partial charge on any atom is 0.336 e. The van der Waals surface area contributed by atoms with Gasteiger partial charge >= 0.3 is 5.63 Å². The van der Waals surface area contributed by atoms with Crippen LogP contribution in [0.15, 0.2) is 33.5 Å². The van der Waals surface area contributed by atoms with Crippen molar-refractivity contribution in [1.29, 1.82) is 0 Å². The Bertz CT molecular complexity index is 583. The van der Waals surface area contributed by atoms with Crippen LogP contribution in [-0.4, -0.2) is 13.4 Å². The zero-order valence-corrected chi connectivity index (χ0v) is 8.73. The summed E-state index contributed by atoms with van der Waals surface area (Å²) in [6, 6.07) is 6.50. The number of fused-ring (bicyclic) bond motifs is 1. The first-order valence-electron chi connectivity index (χ1n) is 4.79. The molecule has 82 valence electrons. The van der Waals surface area contributed by atoms with E-state index < -0.39 is 5.63 Å². The molecule has 0 fully saturated rings. The first-order valence-corrected chi connectivity index (χ1v) is 4.79. The fourth-order valence-electron chi connectivity index (χ4n) is 1.60. The van der Waals surface area contributed by atoms with E-state index in [0.717, 1.165) is 11.7 Å². The highest BCUT2D eigenvalue weighted by molar-refractivity contribution is 5.83. The maximum absolute atomic E-state index is 11.3. The molecule has 4 heteroatoms. The average molecular weight is 218 g/mol. The van der Waals surface area contributed by atoms with Crippen LogP contribution < -0.4 is 10.4 Å². The summed E-state index contributed by atoms with van der Waals surface area (Å²) >= 11 is 0. The molecule has 1 aromatic heterocycles. The van der Waals surface area contributed by atoms with Crippen molar-refractivity contribution >= 4 is 17.3 Å². The summed E-state index contributed by atoms with van der Waals surface area (Å²) in [6.45, 7) is 0. The Morgan fingerprint density at radius 1 is 1.38 bits per heavy atom. The lowest BCUT2D eigenvalue weighted by atomic mass is 10.1. The van der Waals surface area contributed by atoms with Crippen LogP contribution >= 0.6 is 0 Å². The molecule has 0 aliphatic carbocycles. The summed E-state index contributed by atoms with van der Waals surface area (Å²) in [4.78, 5) is 21.8. The van der Waals surface area contributed by atoms with E-state index in [9.17, 15) is 9.59 Å². The average Bonchev–Trinajstić information content (AvgIpc) is 2.28. The highest BCUT2D eigenvalue weighted by Gasteiger charge is 2.06. The van der Waals surface area contributed by atoms with E-state index in [-0.39, 0.29) is 6.42 Å². The highest BCUT2D eigenvalue weighted by Crippen LogP contribution is 2.22. The summed E-state index contributed by atoms with van der Waals surface area (Å²) in [7, 11) is 1.54. The Morgan fingerprint density at radius 3 is 2.88 bits per heavy atom. The van der Waals surface area contributed by atoms with E-state index >= 15 is 0 Å². The molecule has 16 heavy (non-hydrogen) atoms. The monoisotopic (exact) mass is 218 g/mol. The smallest absolute Gasteiger partial charge is 0.336 e. The van der Waals surface area contributed by atoms with Gasteiger partial charge in [-0.05, 0) is 17.7 Å². The Morgan fingerprint density at radius 2 is 2.19 bits per heavy atom. The standard InChI is InChI=1S/C12H10O4/c1-15-9-2-3-10-8(4-5-13)6-12(14)16-11(10)7-9/h2-3,5-7H,4H2,1H3. The second-order valence-electron chi connectivity index (χ2n) is 3.32. The van der Waals surface area contributed by atoms with E-state index in [4.69, 9.17) is 9.15 Å². The molecule has 0 spiro atoms. The van der Waals surface area contributed by atoms with Crippen LogP contribution in [-0.2, 0) is 11.2 Å². The van der Waals surface area contributed by atoms with Crippen molar-refractivity contribution in [3.8, 4) is 5.75 Å². The predicted molar refractivity (Wildman–Crippen MR) is 58.8 cm³/mol. The summed E-state index contributed by atoms with van der Waals surface area (Å²) in [6.07, 6.45) is 0.965. The summed E-state index contributed by atoms with van der Waals surface area (Å²) in [5, 5.41) is 0.757. The SMILES string of the molecule is COc1ccc2c(CC=O)cc(=O)oc2c1. The molecule has 0 saturated heterocycles. The van der Waals surface area contributed by atoms with E-state index in [0.29, 0.717) is 16.9 Å². The van der Waals surface area contributed by atoms with Crippen molar-refractivity contribution in [3.05, 3.63) is 40.2 Å². The molecule has 0 unspecified atom stereocenters. The Hall–Kier alpha value is -2.10. The van der Waals surface area contributed by atoms with Gasteiger partial charge in [-0.1, -0.05) is 0 Å². The Balaban J connectivity index is 2.72. The number of aldehydes is 1. The fourth-order valence-corrected chi connectivity index (χ4v) is 1.60. The van der Waals surface area contributed by atoms with Gasteiger partial charge in [0, 0.05) is 23.9 Å². The van der Waals surface area contributed by atoms with Gasteiger partial charge in [0.05, 0.1) is 7.11 Å². The van der Waals surface area contributed by atoms with E-state index in [1.54, 1.807) is 18.2 Å². The van der Waals surface area contributed by atoms with Gasteiger partial charge in [-0.25, -0.2) is 4.79 Å². The van der Waals surface area contributed by atoms with Crippen LogP contribution in [0.1, 0.15) is 5.56 Å². The molecule has 1 heterocycles. The third kappa shape index (κ3) is 1.82. The molecule has 0 atom stereocenters. The van der Waals surface area contributed by atoms with Gasteiger partial charge in [-0.2, -0.15) is 0 Å². The molecule has 2 aromatic rings. The van der Waals surface area contributed by atoms with Gasteiger partial charge in [-0.3, -0.25) is 0 Å². The molecule has 0 radical (unpaired) electrons. The Kier molecular flexibility index (Phi) is 2.72. The van der Waals surface area contributed by atoms with Gasteiger partial charge in [0.2, 0.25) is 0 Å². The van der Waals surface area contributed by atoms with Crippen molar-refractivity contribution in [3.63, 3.8) is 0 Å². The Labute approximate surface area is 91.4 Å². The molecule has 2 rings (SSSR count). The van der Waals surface area contributed by atoms with Crippen LogP contribution in [0.3, 0.4) is 0 Å². The van der Waals surface area contributed by atoms with E-state index in [1.807, 2.05) is 0 Å². The molecule has 4 nitrogen and oxygen atoms in total. The van der Waals surface area contributed by atoms with Crippen LogP contribution in [0.5, 0.6) is 5.75 Å². The number of hydrogen-bond donors (Lipinski definition) is 0. The van der Waals surface area contributed by atoms with Gasteiger partial charge in [0.25, 0.3) is 0 Å². The van der Waals surface area contributed by atoms with Crippen LogP contribution in [0.2, 0.25) is 0 Å². The van der Waals surface area contributed by atoms with Gasteiger partial charge in [0.1, 0.15) is 17.6 Å². The predicted octanol–water partition coefficient (Wildman–Crippen LogP) is 1.54. The van der Waals surface area contributed by atoms with Crippen molar-refractivity contribution in [2.75, 3.05) is 7.11 Å². The zero-order chi connectivity index (χ0) is 11.5. The lowest BCUT2D eigenvalue weighted by molar-refractivity contribution is -0.107. The first kappa shape index (κ1) is 10.4. The number of carbonyl (C=O) groups is 1. The fraction of sp³-hybridized carbons (Fsp3) is 0.167. The molecule has 0 aliphatic heterocycles. The molecule has 0 N–H and O–H groups in total. The highest BCUT2D eigenvalue weighted by atomic mass is 16.5. The third-order valence-corrected chi connectivity index (χ3v) is 2.34. The van der Waals surface area contributed by atoms with Crippen molar-refractivity contribution in [1.82, 2.24) is 0 Å². The zero-order valence-electron chi connectivity index (χ0n) is 8.73. The summed E-state index contributed by atoms with van der Waals surface area (Å²) < 4.78 is 10.1. The second-order valence-corrected chi connectivity index (χ2v) is 3.32. The largest absolute Gasteiger partial charge is 0.497 e. The number of rotatable bonds is 3. The minimum absolute atomic E-state index is 0.203. The first-order chi connectivity index (χ1) is 7.74. The lowest BCUT2D eigenvalue weighted by Crippen LogP contribution is -2.01. The van der Waals surface area contributed by atoms with Crippen molar-refractivity contribution in [2.24, 2.45) is 0 Å². The molecule has 0 amide bonds. The number of methoxy groups -OCH3 is 1. The third-order valence-electron chi connectivity index (χ3n) is 2.34. The number of hydrogen-bond acceptors (Lipinski definition) is 4. The number of benzene rings is 1. The number of ether oxygens (including phenoxy) is 1. The molecular formula is C12H10O4. The molecule has 0 bridgehead atoms. The minimum Gasteiger partial charge on any atom is -0.497 e. The second kappa shape index (κ2) is 4.18. The topological polar surface area (TPSA) is 56.5 Å². The minimum atomic E-state index is -0.461. The molecule has 0 aliphatic rings. The summed E-state index contributed by atoms with van der Waals surface area (Å²) in [5.41, 5.74) is 0.644. The van der Waals surface area contributed by atoms with Gasteiger partial charge < -0.3 is 13.9 Å². The molecule has 1 aromatic carbocycles. The number of carbonyl (C=O) groups excluding carboxylic acids is 1. The van der Waals surface area contributed by atoms with Crippen LogP contribution in [0.25, 0.3) is 11.0 Å². The van der Waals surface area contributed by atoms with Gasteiger partial charge in [0.15, 0.2) is 0 Å². The van der Waals surface area contributed by atoms with E-state index in [2.05, 4.69) is 0 Å². The van der Waals surface area contributed by atoms with Crippen LogP contribution in [0, 0.1) is 0 Å². The van der Waals surface area contributed by atoms with Crippen LogP contribution in [0.4, 0.5) is 0 Å². The normalized spacial score (nSPS) is 10.3. The lowest BCUT2D eigenvalue weighted by Gasteiger charge is -2.04. The molecular weight excluding hydrogens is 208 g/mol. The van der Waals surface area contributed by atoms with E-state index in [1.165, 1.54) is 13.2 Å².